The number of nitrogens with one attached hydrogen (secondary N) is 2. The number of halogens is 1. The summed E-state index contributed by atoms with van der Waals surface area (Å²) in [5, 5.41) is 9.24. The number of amides is 1. The zero-order chi connectivity index (χ0) is 10.4. The van der Waals surface area contributed by atoms with Crippen LogP contribution in [-0.4, -0.2) is 22.6 Å². The van der Waals surface area contributed by atoms with E-state index in [1.165, 1.54) is 6.20 Å². The van der Waals surface area contributed by atoms with Gasteiger partial charge in [0.05, 0.1) is 11.8 Å². The summed E-state index contributed by atoms with van der Waals surface area (Å²) in [7, 11) is 0. The van der Waals surface area contributed by atoms with Crippen LogP contribution in [0.2, 0.25) is 5.15 Å². The predicted octanol–water partition coefficient (Wildman–Crippen LogP) is 1.98. The second-order valence-electron chi connectivity index (χ2n) is 3.06. The molecule has 0 radical (unpaired) electrons. The summed E-state index contributed by atoms with van der Waals surface area (Å²) in [6, 6.07) is 0. The van der Waals surface area contributed by atoms with Gasteiger partial charge in [0.2, 0.25) is 0 Å². The molecule has 14 heavy (non-hydrogen) atoms. The van der Waals surface area contributed by atoms with Crippen molar-refractivity contribution in [3.05, 3.63) is 16.9 Å². The number of hydrogen-bond donors (Lipinski definition) is 2. The van der Waals surface area contributed by atoms with E-state index in [2.05, 4.69) is 22.4 Å². The number of carbonyl (C=O) groups excluding carboxylic acids is 1. The van der Waals surface area contributed by atoms with E-state index in [0.717, 1.165) is 19.3 Å². The van der Waals surface area contributed by atoms with Gasteiger partial charge in [-0.05, 0) is 6.42 Å². The quantitative estimate of drug-likeness (QED) is 0.738. The Kier molecular flexibility index (Phi) is 4.46. The molecule has 0 aromatic carbocycles. The van der Waals surface area contributed by atoms with Crippen molar-refractivity contribution in [3.8, 4) is 0 Å². The largest absolute Gasteiger partial charge is 0.352 e. The number of carbonyl (C=O) groups is 1. The zero-order valence-electron chi connectivity index (χ0n) is 8.14. The highest BCUT2D eigenvalue weighted by molar-refractivity contribution is 6.32. The summed E-state index contributed by atoms with van der Waals surface area (Å²) >= 11 is 5.70. The average molecular weight is 216 g/mol. The van der Waals surface area contributed by atoms with E-state index in [9.17, 15) is 4.79 Å². The molecule has 0 saturated heterocycles. The van der Waals surface area contributed by atoms with Gasteiger partial charge >= 0.3 is 0 Å². The van der Waals surface area contributed by atoms with Gasteiger partial charge in [-0.15, -0.1) is 0 Å². The highest BCUT2D eigenvalue weighted by atomic mass is 35.5. The lowest BCUT2D eigenvalue weighted by atomic mass is 10.2. The molecule has 0 bridgehead atoms. The molecule has 4 nitrogen and oxygen atoms in total. The highest BCUT2D eigenvalue weighted by Crippen LogP contribution is 2.10. The molecule has 2 N–H and O–H groups in total. The summed E-state index contributed by atoms with van der Waals surface area (Å²) in [5.41, 5.74) is 0.406. The van der Waals surface area contributed by atoms with Crippen LogP contribution in [0, 0.1) is 0 Å². The van der Waals surface area contributed by atoms with Gasteiger partial charge in [-0.1, -0.05) is 31.4 Å². The lowest BCUT2D eigenvalue weighted by molar-refractivity contribution is 0.0953. The number of unbranched alkanes of at least 4 members (excludes halogenated alkanes) is 2. The Hall–Kier alpha value is -1.03. The average Bonchev–Trinajstić information content (AvgIpc) is 2.59. The van der Waals surface area contributed by atoms with Gasteiger partial charge < -0.3 is 5.32 Å². The first-order valence-corrected chi connectivity index (χ1v) is 5.10. The van der Waals surface area contributed by atoms with Crippen LogP contribution < -0.4 is 5.32 Å². The highest BCUT2D eigenvalue weighted by Gasteiger charge is 2.10. The molecule has 0 saturated carbocycles. The number of nitrogens with zero attached hydrogens (tertiary/aromatic N) is 1. The minimum Gasteiger partial charge on any atom is -0.352 e. The first-order chi connectivity index (χ1) is 6.75. The van der Waals surface area contributed by atoms with Gasteiger partial charge in [0.15, 0.2) is 0 Å². The number of rotatable bonds is 5. The Bertz CT molecular complexity index is 298. The fourth-order valence-electron chi connectivity index (χ4n) is 1.10. The van der Waals surface area contributed by atoms with Crippen molar-refractivity contribution >= 4 is 17.5 Å². The molecule has 0 fully saturated rings. The van der Waals surface area contributed by atoms with Crippen LogP contribution in [0.1, 0.15) is 36.5 Å². The Labute approximate surface area is 88.0 Å². The maximum absolute atomic E-state index is 11.4. The van der Waals surface area contributed by atoms with E-state index in [4.69, 9.17) is 11.6 Å². The predicted molar refractivity (Wildman–Crippen MR) is 55.5 cm³/mol. The molecule has 5 heteroatoms. The van der Waals surface area contributed by atoms with Crippen LogP contribution in [0.3, 0.4) is 0 Å². The summed E-state index contributed by atoms with van der Waals surface area (Å²) in [6.45, 7) is 2.81. The maximum atomic E-state index is 11.4. The third-order valence-electron chi connectivity index (χ3n) is 1.90. The molecular formula is C9H14ClN3O. The normalized spacial score (nSPS) is 10.1. The first-order valence-electron chi connectivity index (χ1n) is 4.72. The lowest BCUT2D eigenvalue weighted by Gasteiger charge is -2.02. The van der Waals surface area contributed by atoms with Gasteiger partial charge in [-0.3, -0.25) is 9.89 Å². The van der Waals surface area contributed by atoms with E-state index >= 15 is 0 Å². The zero-order valence-corrected chi connectivity index (χ0v) is 8.90. The molecule has 0 aliphatic heterocycles. The van der Waals surface area contributed by atoms with E-state index < -0.39 is 0 Å². The fraction of sp³-hybridized carbons (Fsp3) is 0.556. The third kappa shape index (κ3) is 3.03. The van der Waals surface area contributed by atoms with Crippen LogP contribution >= 0.6 is 11.6 Å². The van der Waals surface area contributed by atoms with Crippen molar-refractivity contribution in [1.29, 1.82) is 0 Å². The molecule has 1 rings (SSSR count). The Morgan fingerprint density at radius 2 is 2.43 bits per heavy atom. The standard InChI is InChI=1S/C9H14ClN3O/c1-2-3-4-5-11-9(14)7-6-12-13-8(7)10/h6H,2-5H2,1H3,(H,11,14)(H,12,13). The molecule has 0 aliphatic rings. The van der Waals surface area contributed by atoms with Crippen molar-refractivity contribution in [3.63, 3.8) is 0 Å². The Balaban J connectivity index is 2.32. The van der Waals surface area contributed by atoms with Gasteiger partial charge in [0.25, 0.3) is 5.91 Å². The molecule has 1 aromatic rings. The summed E-state index contributed by atoms with van der Waals surface area (Å²) in [6.07, 6.45) is 4.69. The van der Waals surface area contributed by atoms with Crippen molar-refractivity contribution < 1.29 is 4.79 Å². The third-order valence-corrected chi connectivity index (χ3v) is 2.19. The number of aromatic amines is 1. The molecule has 0 spiro atoms. The SMILES string of the molecule is CCCCCNC(=O)c1cn[nH]c1Cl. The van der Waals surface area contributed by atoms with E-state index in [1.807, 2.05) is 0 Å². The topological polar surface area (TPSA) is 57.8 Å². The minimum atomic E-state index is -0.167. The number of hydrogen-bond acceptors (Lipinski definition) is 2. The Morgan fingerprint density at radius 1 is 1.64 bits per heavy atom. The molecule has 0 aliphatic carbocycles. The van der Waals surface area contributed by atoms with Crippen molar-refractivity contribution in [2.75, 3.05) is 6.54 Å². The van der Waals surface area contributed by atoms with Crippen LogP contribution in [-0.2, 0) is 0 Å². The minimum absolute atomic E-state index is 0.167. The van der Waals surface area contributed by atoms with Crippen molar-refractivity contribution in [2.24, 2.45) is 0 Å². The van der Waals surface area contributed by atoms with Gasteiger partial charge in [-0.25, -0.2) is 0 Å². The summed E-state index contributed by atoms with van der Waals surface area (Å²) in [5.74, 6) is -0.167. The maximum Gasteiger partial charge on any atom is 0.256 e. The van der Waals surface area contributed by atoms with E-state index in [1.54, 1.807) is 0 Å². The van der Waals surface area contributed by atoms with Crippen LogP contribution in [0.5, 0.6) is 0 Å². The van der Waals surface area contributed by atoms with Gasteiger partial charge in [-0.2, -0.15) is 5.10 Å². The summed E-state index contributed by atoms with van der Waals surface area (Å²) in [4.78, 5) is 11.4. The van der Waals surface area contributed by atoms with Crippen LogP contribution in [0.15, 0.2) is 6.20 Å². The molecule has 1 aromatic heterocycles. The molecule has 78 valence electrons. The summed E-state index contributed by atoms with van der Waals surface area (Å²) < 4.78 is 0. The molecule has 1 amide bonds. The monoisotopic (exact) mass is 215 g/mol. The van der Waals surface area contributed by atoms with Gasteiger partial charge in [0.1, 0.15) is 5.15 Å². The van der Waals surface area contributed by atoms with Crippen LogP contribution in [0.25, 0.3) is 0 Å². The molecule has 0 unspecified atom stereocenters. The second-order valence-corrected chi connectivity index (χ2v) is 3.44. The number of aromatic nitrogens is 2. The lowest BCUT2D eigenvalue weighted by Crippen LogP contribution is -2.24. The molecule has 1 heterocycles. The molecular weight excluding hydrogens is 202 g/mol. The van der Waals surface area contributed by atoms with Crippen molar-refractivity contribution in [1.82, 2.24) is 15.5 Å². The molecule has 0 atom stereocenters. The smallest absolute Gasteiger partial charge is 0.256 e. The second kappa shape index (κ2) is 5.65. The first kappa shape index (κ1) is 11.0. The van der Waals surface area contributed by atoms with Crippen LogP contribution in [0.4, 0.5) is 0 Å². The Morgan fingerprint density at radius 3 is 3.00 bits per heavy atom. The van der Waals surface area contributed by atoms with E-state index in [0.29, 0.717) is 12.1 Å². The van der Waals surface area contributed by atoms with Gasteiger partial charge in [0, 0.05) is 6.54 Å². The van der Waals surface area contributed by atoms with Crippen molar-refractivity contribution in [2.45, 2.75) is 26.2 Å². The fourth-order valence-corrected chi connectivity index (χ4v) is 1.28. The van der Waals surface area contributed by atoms with E-state index in [-0.39, 0.29) is 11.1 Å². The number of H-pyrrole nitrogens is 1.